The predicted octanol–water partition coefficient (Wildman–Crippen LogP) is 4.63. The lowest BCUT2D eigenvalue weighted by Gasteiger charge is -2.30. The van der Waals surface area contributed by atoms with Crippen LogP contribution in [0.25, 0.3) is 0 Å². The van der Waals surface area contributed by atoms with E-state index in [-0.39, 0.29) is 10.9 Å². The summed E-state index contributed by atoms with van der Waals surface area (Å²) in [7, 11) is -3.52. The third kappa shape index (κ3) is 5.78. The van der Waals surface area contributed by atoms with Crippen molar-refractivity contribution in [2.45, 2.75) is 52.1 Å². The molecule has 2 aromatic rings. The van der Waals surface area contributed by atoms with Crippen LogP contribution in [0.3, 0.4) is 0 Å². The zero-order valence-electron chi connectivity index (χ0n) is 17.8. The summed E-state index contributed by atoms with van der Waals surface area (Å²) < 4.78 is 27.2. The van der Waals surface area contributed by atoms with Gasteiger partial charge in [0, 0.05) is 31.4 Å². The molecule has 0 atom stereocenters. The minimum absolute atomic E-state index is 0.193. The average molecular weight is 434 g/mol. The standard InChI is InChI=1S/C22H31N3O2S2/c1-6-24(7-2)29(26,27)20-14-13-18(5)21(15-20)23-22(28)25(17(3)4)16-19-11-9-8-10-12-19/h8-15,17H,6-7,16H2,1-5H3,(H,23,28). The number of sulfonamides is 1. The molecule has 0 unspecified atom stereocenters. The van der Waals surface area contributed by atoms with Crippen LogP contribution in [0.5, 0.6) is 0 Å². The summed E-state index contributed by atoms with van der Waals surface area (Å²) in [4.78, 5) is 2.37. The first-order valence-electron chi connectivity index (χ1n) is 9.93. The Morgan fingerprint density at radius 3 is 2.24 bits per heavy atom. The first-order valence-corrected chi connectivity index (χ1v) is 11.8. The van der Waals surface area contributed by atoms with Gasteiger partial charge >= 0.3 is 0 Å². The number of benzene rings is 2. The number of thiocarbonyl (C=S) groups is 1. The second-order valence-corrected chi connectivity index (χ2v) is 9.53. The van der Waals surface area contributed by atoms with Crippen molar-refractivity contribution >= 4 is 33.0 Å². The van der Waals surface area contributed by atoms with E-state index in [9.17, 15) is 8.42 Å². The summed E-state index contributed by atoms with van der Waals surface area (Å²) in [5.74, 6) is 0. The summed E-state index contributed by atoms with van der Waals surface area (Å²) in [6.07, 6.45) is 0. The Labute approximate surface area is 180 Å². The Morgan fingerprint density at radius 1 is 1.07 bits per heavy atom. The zero-order valence-corrected chi connectivity index (χ0v) is 19.5. The lowest BCUT2D eigenvalue weighted by atomic mass is 10.2. The number of nitrogens with zero attached hydrogens (tertiary/aromatic N) is 2. The normalized spacial score (nSPS) is 11.7. The van der Waals surface area contributed by atoms with Gasteiger partial charge in [0.05, 0.1) is 4.90 Å². The van der Waals surface area contributed by atoms with Crippen molar-refractivity contribution in [2.75, 3.05) is 18.4 Å². The number of hydrogen-bond donors (Lipinski definition) is 1. The fourth-order valence-corrected chi connectivity index (χ4v) is 4.93. The van der Waals surface area contributed by atoms with Crippen molar-refractivity contribution in [1.82, 2.24) is 9.21 Å². The molecule has 2 rings (SSSR count). The third-order valence-electron chi connectivity index (χ3n) is 4.87. The highest BCUT2D eigenvalue weighted by Crippen LogP contribution is 2.24. The third-order valence-corrected chi connectivity index (χ3v) is 7.26. The molecular weight excluding hydrogens is 402 g/mol. The first-order chi connectivity index (χ1) is 13.7. The van der Waals surface area contributed by atoms with E-state index in [2.05, 4.69) is 36.2 Å². The molecule has 0 saturated carbocycles. The molecule has 0 amide bonds. The number of hydrogen-bond acceptors (Lipinski definition) is 3. The Hall–Kier alpha value is -1.96. The van der Waals surface area contributed by atoms with Gasteiger partial charge in [-0.05, 0) is 56.2 Å². The summed E-state index contributed by atoms with van der Waals surface area (Å²) in [5, 5.41) is 3.85. The van der Waals surface area contributed by atoms with Gasteiger partial charge in [-0.2, -0.15) is 4.31 Å². The Balaban J connectivity index is 2.28. The van der Waals surface area contributed by atoms with Gasteiger partial charge in [0.2, 0.25) is 10.0 Å². The van der Waals surface area contributed by atoms with E-state index in [1.807, 2.05) is 45.0 Å². The molecule has 0 bridgehead atoms. The van der Waals surface area contributed by atoms with Crippen LogP contribution in [0.1, 0.15) is 38.8 Å². The van der Waals surface area contributed by atoms with Gasteiger partial charge in [-0.3, -0.25) is 0 Å². The van der Waals surface area contributed by atoms with Gasteiger partial charge in [-0.15, -0.1) is 0 Å². The van der Waals surface area contributed by atoms with Crippen LogP contribution >= 0.6 is 12.2 Å². The Kier molecular flexibility index (Phi) is 8.19. The number of aryl methyl sites for hydroxylation is 1. The second kappa shape index (κ2) is 10.2. The van der Waals surface area contributed by atoms with Crippen LogP contribution in [0.15, 0.2) is 53.4 Å². The quantitative estimate of drug-likeness (QED) is 0.615. The fourth-order valence-electron chi connectivity index (χ4n) is 3.06. The van der Waals surface area contributed by atoms with Crippen LogP contribution in [-0.4, -0.2) is 41.9 Å². The summed E-state index contributed by atoms with van der Waals surface area (Å²) >= 11 is 5.68. The van der Waals surface area contributed by atoms with E-state index in [4.69, 9.17) is 12.2 Å². The van der Waals surface area contributed by atoms with E-state index >= 15 is 0 Å². The van der Waals surface area contributed by atoms with Crippen molar-refractivity contribution in [3.05, 3.63) is 59.7 Å². The maximum Gasteiger partial charge on any atom is 0.243 e. The maximum absolute atomic E-state index is 12.9. The van der Waals surface area contributed by atoms with Crippen LogP contribution in [0, 0.1) is 6.92 Å². The van der Waals surface area contributed by atoms with E-state index in [0.717, 1.165) is 5.56 Å². The van der Waals surface area contributed by atoms with Crippen molar-refractivity contribution in [3.63, 3.8) is 0 Å². The van der Waals surface area contributed by atoms with Gasteiger partial charge in [0.15, 0.2) is 5.11 Å². The molecule has 0 radical (unpaired) electrons. The van der Waals surface area contributed by atoms with Crippen molar-refractivity contribution < 1.29 is 8.42 Å². The van der Waals surface area contributed by atoms with E-state index in [1.54, 1.807) is 12.1 Å². The van der Waals surface area contributed by atoms with Crippen LogP contribution in [0.4, 0.5) is 5.69 Å². The molecule has 0 aliphatic heterocycles. The fraction of sp³-hybridized carbons (Fsp3) is 0.409. The Bertz CT molecular complexity index is 924. The molecule has 7 heteroatoms. The predicted molar refractivity (Wildman–Crippen MR) is 125 cm³/mol. The van der Waals surface area contributed by atoms with Crippen LogP contribution < -0.4 is 5.32 Å². The SMILES string of the molecule is CCN(CC)S(=O)(=O)c1ccc(C)c(NC(=S)N(Cc2ccccc2)C(C)C)c1. The molecule has 0 aromatic heterocycles. The molecule has 29 heavy (non-hydrogen) atoms. The molecule has 0 fully saturated rings. The number of anilines is 1. The molecule has 0 aliphatic rings. The summed E-state index contributed by atoms with van der Waals surface area (Å²) in [6, 6.07) is 15.5. The summed E-state index contributed by atoms with van der Waals surface area (Å²) in [5.41, 5.74) is 2.82. The van der Waals surface area contributed by atoms with E-state index < -0.39 is 10.0 Å². The lowest BCUT2D eigenvalue weighted by Crippen LogP contribution is -2.39. The molecule has 2 aromatic carbocycles. The van der Waals surface area contributed by atoms with Gasteiger partial charge in [-0.1, -0.05) is 50.2 Å². The van der Waals surface area contributed by atoms with Gasteiger partial charge < -0.3 is 10.2 Å². The number of nitrogens with one attached hydrogen (secondary N) is 1. The second-order valence-electron chi connectivity index (χ2n) is 7.20. The van der Waals surface area contributed by atoms with Crippen molar-refractivity contribution in [1.29, 1.82) is 0 Å². The monoisotopic (exact) mass is 433 g/mol. The molecule has 0 saturated heterocycles. The molecular formula is C22H31N3O2S2. The topological polar surface area (TPSA) is 52.7 Å². The van der Waals surface area contributed by atoms with Crippen LogP contribution in [-0.2, 0) is 16.6 Å². The maximum atomic E-state index is 12.9. The smallest absolute Gasteiger partial charge is 0.243 e. The minimum atomic E-state index is -3.52. The lowest BCUT2D eigenvalue weighted by molar-refractivity contribution is 0.348. The highest BCUT2D eigenvalue weighted by molar-refractivity contribution is 7.89. The zero-order chi connectivity index (χ0) is 21.6. The van der Waals surface area contributed by atoms with Gasteiger partial charge in [0.1, 0.15) is 0 Å². The average Bonchev–Trinajstić information content (AvgIpc) is 2.68. The van der Waals surface area contributed by atoms with E-state index in [0.29, 0.717) is 30.4 Å². The van der Waals surface area contributed by atoms with Gasteiger partial charge in [0.25, 0.3) is 0 Å². The number of rotatable bonds is 8. The highest BCUT2D eigenvalue weighted by atomic mass is 32.2. The van der Waals surface area contributed by atoms with Crippen molar-refractivity contribution in [2.24, 2.45) is 0 Å². The molecule has 1 N–H and O–H groups in total. The highest BCUT2D eigenvalue weighted by Gasteiger charge is 2.23. The molecule has 0 spiro atoms. The van der Waals surface area contributed by atoms with E-state index in [1.165, 1.54) is 9.87 Å². The molecule has 0 heterocycles. The van der Waals surface area contributed by atoms with Gasteiger partial charge in [-0.25, -0.2) is 8.42 Å². The Morgan fingerprint density at radius 2 is 1.69 bits per heavy atom. The van der Waals surface area contributed by atoms with Crippen LogP contribution in [0.2, 0.25) is 0 Å². The summed E-state index contributed by atoms with van der Waals surface area (Å²) in [6.45, 7) is 11.4. The first kappa shape index (κ1) is 23.3. The van der Waals surface area contributed by atoms with Crippen molar-refractivity contribution in [3.8, 4) is 0 Å². The minimum Gasteiger partial charge on any atom is -0.342 e. The largest absolute Gasteiger partial charge is 0.342 e. The molecule has 5 nitrogen and oxygen atoms in total. The molecule has 0 aliphatic carbocycles. The molecule has 158 valence electrons.